The number of hydrogen-bond donors (Lipinski definition) is 1. The molecule has 2 aromatic rings. The van der Waals surface area contributed by atoms with Crippen LogP contribution < -0.4 is 4.90 Å². The summed E-state index contributed by atoms with van der Waals surface area (Å²) in [5, 5.41) is 9.68. The van der Waals surface area contributed by atoms with E-state index in [2.05, 4.69) is 4.90 Å². The Balaban J connectivity index is 2.22. The van der Waals surface area contributed by atoms with Crippen LogP contribution in [-0.2, 0) is 13.2 Å². The van der Waals surface area contributed by atoms with E-state index in [1.54, 1.807) is 6.07 Å². The minimum Gasteiger partial charge on any atom is -0.392 e. The van der Waals surface area contributed by atoms with Crippen LogP contribution in [-0.4, -0.2) is 11.7 Å². The Labute approximate surface area is 123 Å². The van der Waals surface area contributed by atoms with Gasteiger partial charge in [-0.1, -0.05) is 29.8 Å². The zero-order valence-corrected chi connectivity index (χ0v) is 12.1. The molecule has 0 spiro atoms. The second-order valence-electron chi connectivity index (χ2n) is 4.58. The van der Waals surface area contributed by atoms with E-state index in [4.69, 9.17) is 16.7 Å². The van der Waals surface area contributed by atoms with Crippen molar-refractivity contribution in [1.29, 1.82) is 0 Å². The zero-order chi connectivity index (χ0) is 14.5. The SMILES string of the molecule is CCN(Cc1cccc(F)c1)c1ccc(CO)c(Cl)c1. The molecule has 0 radical (unpaired) electrons. The summed E-state index contributed by atoms with van der Waals surface area (Å²) in [6, 6.07) is 12.1. The van der Waals surface area contributed by atoms with Crippen LogP contribution in [0.1, 0.15) is 18.1 Å². The smallest absolute Gasteiger partial charge is 0.123 e. The van der Waals surface area contributed by atoms with Gasteiger partial charge in [0.05, 0.1) is 6.61 Å². The van der Waals surface area contributed by atoms with Crippen molar-refractivity contribution in [3.8, 4) is 0 Å². The van der Waals surface area contributed by atoms with E-state index in [0.29, 0.717) is 17.1 Å². The van der Waals surface area contributed by atoms with Crippen molar-refractivity contribution in [3.63, 3.8) is 0 Å². The van der Waals surface area contributed by atoms with Crippen LogP contribution in [0.4, 0.5) is 10.1 Å². The van der Waals surface area contributed by atoms with Crippen LogP contribution >= 0.6 is 11.6 Å². The standard InChI is InChI=1S/C16H17ClFNO/c1-2-19(10-12-4-3-5-14(18)8-12)15-7-6-13(11-20)16(17)9-15/h3-9,20H,2,10-11H2,1H3. The van der Waals surface area contributed by atoms with Crippen molar-refractivity contribution in [2.45, 2.75) is 20.1 Å². The monoisotopic (exact) mass is 293 g/mol. The highest BCUT2D eigenvalue weighted by Gasteiger charge is 2.08. The molecular weight excluding hydrogens is 277 g/mol. The number of nitrogens with zero attached hydrogens (tertiary/aromatic N) is 1. The third kappa shape index (κ3) is 3.50. The Hall–Kier alpha value is -1.58. The van der Waals surface area contributed by atoms with Crippen molar-refractivity contribution >= 4 is 17.3 Å². The fraction of sp³-hybridized carbons (Fsp3) is 0.250. The zero-order valence-electron chi connectivity index (χ0n) is 11.3. The molecule has 0 fully saturated rings. The molecule has 0 bridgehead atoms. The van der Waals surface area contributed by atoms with Gasteiger partial charge in [0.25, 0.3) is 0 Å². The lowest BCUT2D eigenvalue weighted by Gasteiger charge is -2.24. The molecule has 0 aromatic heterocycles. The van der Waals surface area contributed by atoms with Gasteiger partial charge in [0, 0.05) is 23.8 Å². The maximum atomic E-state index is 13.2. The van der Waals surface area contributed by atoms with E-state index in [1.165, 1.54) is 12.1 Å². The molecule has 0 aliphatic heterocycles. The van der Waals surface area contributed by atoms with Crippen molar-refractivity contribution < 1.29 is 9.50 Å². The van der Waals surface area contributed by atoms with E-state index in [-0.39, 0.29) is 12.4 Å². The molecule has 20 heavy (non-hydrogen) atoms. The van der Waals surface area contributed by atoms with Crippen LogP contribution in [0.25, 0.3) is 0 Å². The summed E-state index contributed by atoms with van der Waals surface area (Å²) in [5.74, 6) is -0.229. The molecule has 0 aliphatic carbocycles. The molecule has 0 unspecified atom stereocenters. The number of halogens is 2. The first-order valence-corrected chi connectivity index (χ1v) is 6.90. The van der Waals surface area contributed by atoms with Crippen molar-refractivity contribution in [2.24, 2.45) is 0 Å². The molecule has 2 nitrogen and oxygen atoms in total. The van der Waals surface area contributed by atoms with Gasteiger partial charge in [-0.15, -0.1) is 0 Å². The van der Waals surface area contributed by atoms with E-state index in [1.807, 2.05) is 31.2 Å². The lowest BCUT2D eigenvalue weighted by atomic mass is 10.1. The molecular formula is C16H17ClFNO. The molecule has 0 heterocycles. The molecule has 0 saturated heterocycles. The maximum Gasteiger partial charge on any atom is 0.123 e. The highest BCUT2D eigenvalue weighted by molar-refractivity contribution is 6.31. The summed E-state index contributed by atoms with van der Waals surface area (Å²) in [6.07, 6.45) is 0. The van der Waals surface area contributed by atoms with Crippen LogP contribution in [0.3, 0.4) is 0 Å². The molecule has 2 aromatic carbocycles. The molecule has 0 aliphatic rings. The summed E-state index contributed by atoms with van der Waals surface area (Å²) < 4.78 is 13.2. The molecule has 4 heteroatoms. The van der Waals surface area contributed by atoms with Crippen LogP contribution in [0, 0.1) is 5.82 Å². The van der Waals surface area contributed by atoms with E-state index in [9.17, 15) is 4.39 Å². The van der Waals surface area contributed by atoms with Gasteiger partial charge in [0.2, 0.25) is 0 Å². The summed E-state index contributed by atoms with van der Waals surface area (Å²) in [4.78, 5) is 2.10. The van der Waals surface area contributed by atoms with Gasteiger partial charge in [0.1, 0.15) is 5.82 Å². The van der Waals surface area contributed by atoms with Crippen molar-refractivity contribution in [2.75, 3.05) is 11.4 Å². The average Bonchev–Trinajstić information content (AvgIpc) is 2.44. The summed E-state index contributed by atoms with van der Waals surface area (Å²) >= 11 is 6.11. The van der Waals surface area contributed by atoms with Crippen LogP contribution in [0.15, 0.2) is 42.5 Å². The molecule has 0 atom stereocenters. The maximum absolute atomic E-state index is 13.2. The van der Waals surface area contributed by atoms with E-state index < -0.39 is 0 Å². The van der Waals surface area contributed by atoms with Gasteiger partial charge in [-0.05, 0) is 42.3 Å². The van der Waals surface area contributed by atoms with Crippen molar-refractivity contribution in [3.05, 3.63) is 64.4 Å². The minimum absolute atomic E-state index is 0.0743. The number of hydrogen-bond acceptors (Lipinski definition) is 2. The number of rotatable bonds is 5. The second kappa shape index (κ2) is 6.73. The Bertz CT molecular complexity index is 588. The summed E-state index contributed by atoms with van der Waals surface area (Å²) in [5.41, 5.74) is 2.57. The fourth-order valence-corrected chi connectivity index (χ4v) is 2.34. The van der Waals surface area contributed by atoms with Gasteiger partial charge in [-0.2, -0.15) is 0 Å². The third-order valence-corrected chi connectivity index (χ3v) is 3.57. The first kappa shape index (κ1) is 14.8. The lowest BCUT2D eigenvalue weighted by Crippen LogP contribution is -2.22. The molecule has 0 saturated carbocycles. The van der Waals surface area contributed by atoms with Crippen LogP contribution in [0.2, 0.25) is 5.02 Å². The largest absolute Gasteiger partial charge is 0.392 e. The molecule has 2 rings (SSSR count). The van der Waals surface area contributed by atoms with Crippen molar-refractivity contribution in [1.82, 2.24) is 0 Å². The van der Waals surface area contributed by atoms with E-state index >= 15 is 0 Å². The predicted octanol–water partition coefficient (Wildman–Crippen LogP) is 4.00. The van der Waals surface area contributed by atoms with E-state index in [0.717, 1.165) is 17.8 Å². The molecule has 0 amide bonds. The molecule has 106 valence electrons. The summed E-state index contributed by atoms with van der Waals surface area (Å²) in [6.45, 7) is 3.36. The quantitative estimate of drug-likeness (QED) is 0.901. The summed E-state index contributed by atoms with van der Waals surface area (Å²) in [7, 11) is 0. The topological polar surface area (TPSA) is 23.5 Å². The highest BCUT2D eigenvalue weighted by Crippen LogP contribution is 2.25. The van der Waals surface area contributed by atoms with Crippen LogP contribution in [0.5, 0.6) is 0 Å². The average molecular weight is 294 g/mol. The number of aliphatic hydroxyl groups is 1. The highest BCUT2D eigenvalue weighted by atomic mass is 35.5. The third-order valence-electron chi connectivity index (χ3n) is 3.22. The lowest BCUT2D eigenvalue weighted by molar-refractivity contribution is 0.282. The normalized spacial score (nSPS) is 10.6. The first-order chi connectivity index (χ1) is 9.63. The predicted molar refractivity (Wildman–Crippen MR) is 80.5 cm³/mol. The van der Waals surface area contributed by atoms with Gasteiger partial charge in [-0.3, -0.25) is 0 Å². The number of anilines is 1. The molecule has 1 N–H and O–H groups in total. The van der Waals surface area contributed by atoms with Gasteiger partial charge in [0.15, 0.2) is 0 Å². The minimum atomic E-state index is -0.229. The Morgan fingerprint density at radius 3 is 2.60 bits per heavy atom. The Morgan fingerprint density at radius 2 is 2.00 bits per heavy atom. The number of aliphatic hydroxyl groups excluding tert-OH is 1. The number of benzene rings is 2. The Morgan fingerprint density at radius 1 is 1.20 bits per heavy atom. The van der Waals surface area contributed by atoms with Gasteiger partial charge in [-0.25, -0.2) is 4.39 Å². The van der Waals surface area contributed by atoms with Gasteiger partial charge < -0.3 is 10.0 Å². The fourth-order valence-electron chi connectivity index (χ4n) is 2.10. The second-order valence-corrected chi connectivity index (χ2v) is 4.99. The first-order valence-electron chi connectivity index (χ1n) is 6.52. The van der Waals surface area contributed by atoms with Gasteiger partial charge >= 0.3 is 0 Å². The Kier molecular flexibility index (Phi) is 4.99.